The molecule has 5 heteroatoms. The summed E-state index contributed by atoms with van der Waals surface area (Å²) in [6.45, 7) is 5.77. The summed E-state index contributed by atoms with van der Waals surface area (Å²) in [5.41, 5.74) is 2.90. The fourth-order valence-corrected chi connectivity index (χ4v) is 1.89. The number of nitrogens with two attached hydrogens (primary N) is 1. The van der Waals surface area contributed by atoms with Crippen molar-refractivity contribution in [2.75, 3.05) is 13.6 Å². The molecule has 0 saturated heterocycles. The smallest absolute Gasteiger partial charge is 0.301 e. The van der Waals surface area contributed by atoms with Crippen molar-refractivity contribution in [3.8, 4) is 0 Å². The standard InChI is InChI=1S/C13H23N3O2/c1-4-5-6-7-16(3)9-11-8-10(2)12(18-11)13(17)15-14/h8H,4-7,9,14H2,1-3H3,(H,15,17). The molecule has 0 aliphatic carbocycles. The molecule has 1 aromatic heterocycles. The Morgan fingerprint density at radius 2 is 2.22 bits per heavy atom. The molecule has 1 rings (SSSR count). The monoisotopic (exact) mass is 253 g/mol. The van der Waals surface area contributed by atoms with Crippen molar-refractivity contribution in [2.45, 2.75) is 39.7 Å². The largest absolute Gasteiger partial charge is 0.454 e. The number of hydrogen-bond donors (Lipinski definition) is 2. The summed E-state index contributed by atoms with van der Waals surface area (Å²) in [6.07, 6.45) is 3.64. The first-order valence-corrected chi connectivity index (χ1v) is 6.37. The predicted molar refractivity (Wildman–Crippen MR) is 71.0 cm³/mol. The average molecular weight is 253 g/mol. The van der Waals surface area contributed by atoms with Crippen molar-refractivity contribution in [3.05, 3.63) is 23.2 Å². The van der Waals surface area contributed by atoms with Gasteiger partial charge >= 0.3 is 5.91 Å². The molecule has 18 heavy (non-hydrogen) atoms. The van der Waals surface area contributed by atoms with Crippen LogP contribution in [0.4, 0.5) is 0 Å². The third-order valence-corrected chi connectivity index (χ3v) is 2.88. The molecular formula is C13H23N3O2. The first-order chi connectivity index (χ1) is 8.58. The molecule has 1 heterocycles. The van der Waals surface area contributed by atoms with Crippen LogP contribution < -0.4 is 11.3 Å². The number of unbranched alkanes of at least 4 members (excludes halogenated alkanes) is 2. The van der Waals surface area contributed by atoms with Crippen molar-refractivity contribution < 1.29 is 9.21 Å². The number of aryl methyl sites for hydroxylation is 1. The number of nitrogen functional groups attached to an aromatic ring is 1. The van der Waals surface area contributed by atoms with Gasteiger partial charge in [0.25, 0.3) is 0 Å². The molecule has 0 saturated carbocycles. The van der Waals surface area contributed by atoms with Crippen LogP contribution in [0, 0.1) is 6.92 Å². The summed E-state index contributed by atoms with van der Waals surface area (Å²) in [6, 6.07) is 1.89. The number of amides is 1. The number of nitrogens with one attached hydrogen (secondary N) is 1. The van der Waals surface area contributed by atoms with E-state index in [9.17, 15) is 4.79 Å². The van der Waals surface area contributed by atoms with Gasteiger partial charge < -0.3 is 4.42 Å². The molecule has 0 spiro atoms. The maximum Gasteiger partial charge on any atom is 0.301 e. The lowest BCUT2D eigenvalue weighted by Gasteiger charge is -2.14. The third-order valence-electron chi connectivity index (χ3n) is 2.88. The Hall–Kier alpha value is -1.33. The van der Waals surface area contributed by atoms with Gasteiger partial charge in [-0.1, -0.05) is 19.8 Å². The van der Waals surface area contributed by atoms with Gasteiger partial charge in [0, 0.05) is 5.56 Å². The second-order valence-corrected chi connectivity index (χ2v) is 4.64. The molecule has 0 aromatic carbocycles. The fraction of sp³-hybridized carbons (Fsp3) is 0.615. The highest BCUT2D eigenvalue weighted by atomic mass is 16.4. The molecule has 0 bridgehead atoms. The molecule has 1 aromatic rings. The lowest BCUT2D eigenvalue weighted by molar-refractivity contribution is 0.0921. The molecule has 0 aliphatic rings. The molecule has 5 nitrogen and oxygen atoms in total. The van der Waals surface area contributed by atoms with Gasteiger partial charge in [0.05, 0.1) is 6.54 Å². The summed E-state index contributed by atoms with van der Waals surface area (Å²) in [5, 5.41) is 0. The fourth-order valence-electron chi connectivity index (χ4n) is 1.89. The van der Waals surface area contributed by atoms with Gasteiger partial charge in [-0.3, -0.25) is 15.1 Å². The Kier molecular flexibility index (Phi) is 5.88. The minimum absolute atomic E-state index is 0.300. The number of rotatable bonds is 7. The molecule has 0 atom stereocenters. The summed E-state index contributed by atoms with van der Waals surface area (Å²) in [7, 11) is 2.05. The van der Waals surface area contributed by atoms with E-state index in [0.29, 0.717) is 12.3 Å². The first kappa shape index (κ1) is 14.7. The van der Waals surface area contributed by atoms with Gasteiger partial charge in [-0.2, -0.15) is 0 Å². The van der Waals surface area contributed by atoms with E-state index in [2.05, 4.69) is 24.3 Å². The van der Waals surface area contributed by atoms with E-state index >= 15 is 0 Å². The molecule has 1 amide bonds. The summed E-state index contributed by atoms with van der Waals surface area (Å²) < 4.78 is 5.51. The Balaban J connectivity index is 2.54. The predicted octanol–water partition coefficient (Wildman–Crippen LogP) is 1.81. The maximum absolute atomic E-state index is 11.4. The zero-order chi connectivity index (χ0) is 13.5. The van der Waals surface area contributed by atoms with E-state index in [4.69, 9.17) is 10.3 Å². The van der Waals surface area contributed by atoms with Gasteiger partial charge in [-0.25, -0.2) is 5.84 Å². The van der Waals surface area contributed by atoms with Crippen LogP contribution in [0.2, 0.25) is 0 Å². The van der Waals surface area contributed by atoms with Gasteiger partial charge in [-0.05, 0) is 33.0 Å². The van der Waals surface area contributed by atoms with Crippen LogP contribution in [-0.2, 0) is 6.54 Å². The second kappa shape index (κ2) is 7.18. The van der Waals surface area contributed by atoms with E-state index in [1.54, 1.807) is 0 Å². The highest BCUT2D eigenvalue weighted by molar-refractivity contribution is 5.92. The third kappa shape index (κ3) is 4.16. The number of hydrogen-bond acceptors (Lipinski definition) is 4. The minimum atomic E-state index is -0.382. The van der Waals surface area contributed by atoms with Crippen LogP contribution in [0.1, 0.15) is 48.1 Å². The molecule has 0 aliphatic heterocycles. The van der Waals surface area contributed by atoms with Crippen molar-refractivity contribution in [3.63, 3.8) is 0 Å². The number of furan rings is 1. The quantitative estimate of drug-likeness (QED) is 0.336. The topological polar surface area (TPSA) is 71.5 Å². The van der Waals surface area contributed by atoms with Crippen molar-refractivity contribution in [1.82, 2.24) is 10.3 Å². The Morgan fingerprint density at radius 1 is 1.50 bits per heavy atom. The second-order valence-electron chi connectivity index (χ2n) is 4.64. The number of nitrogens with zero attached hydrogens (tertiary/aromatic N) is 1. The van der Waals surface area contributed by atoms with E-state index in [-0.39, 0.29) is 5.91 Å². The van der Waals surface area contributed by atoms with Crippen LogP contribution in [0.15, 0.2) is 10.5 Å². The molecule has 102 valence electrons. The number of hydrazine groups is 1. The van der Waals surface area contributed by atoms with E-state index in [1.165, 1.54) is 19.3 Å². The van der Waals surface area contributed by atoms with Gasteiger partial charge in [-0.15, -0.1) is 0 Å². The molecular weight excluding hydrogens is 230 g/mol. The maximum atomic E-state index is 11.4. The minimum Gasteiger partial charge on any atom is -0.454 e. The highest BCUT2D eigenvalue weighted by Crippen LogP contribution is 2.16. The SMILES string of the molecule is CCCCCN(C)Cc1cc(C)c(C(=O)NN)o1. The number of carbonyl (C=O) groups excluding carboxylic acids is 1. The van der Waals surface area contributed by atoms with Crippen LogP contribution in [0.25, 0.3) is 0 Å². The normalized spacial score (nSPS) is 10.9. The van der Waals surface area contributed by atoms with Crippen molar-refractivity contribution >= 4 is 5.91 Å². The number of carbonyl (C=O) groups is 1. The summed E-state index contributed by atoms with van der Waals surface area (Å²) in [4.78, 5) is 13.6. The van der Waals surface area contributed by atoms with Gasteiger partial charge in [0.1, 0.15) is 5.76 Å². The molecule has 0 radical (unpaired) electrons. The van der Waals surface area contributed by atoms with E-state index < -0.39 is 0 Å². The highest BCUT2D eigenvalue weighted by Gasteiger charge is 2.15. The Bertz CT molecular complexity index is 388. The lowest BCUT2D eigenvalue weighted by atomic mass is 10.2. The van der Waals surface area contributed by atoms with Gasteiger partial charge in [0.2, 0.25) is 0 Å². The van der Waals surface area contributed by atoms with E-state index in [0.717, 1.165) is 17.9 Å². The summed E-state index contributed by atoms with van der Waals surface area (Å²) in [5.74, 6) is 5.81. The van der Waals surface area contributed by atoms with E-state index in [1.807, 2.05) is 13.0 Å². The zero-order valence-electron chi connectivity index (χ0n) is 11.5. The van der Waals surface area contributed by atoms with Gasteiger partial charge in [0.15, 0.2) is 5.76 Å². The average Bonchev–Trinajstić information content (AvgIpc) is 2.69. The van der Waals surface area contributed by atoms with Crippen LogP contribution in [-0.4, -0.2) is 24.4 Å². The Labute approximate surface area is 108 Å². The van der Waals surface area contributed by atoms with Crippen LogP contribution >= 0.6 is 0 Å². The molecule has 3 N–H and O–H groups in total. The molecule has 0 unspecified atom stereocenters. The van der Waals surface area contributed by atoms with Crippen LogP contribution in [0.3, 0.4) is 0 Å². The zero-order valence-corrected chi connectivity index (χ0v) is 11.5. The first-order valence-electron chi connectivity index (χ1n) is 6.37. The Morgan fingerprint density at radius 3 is 2.83 bits per heavy atom. The summed E-state index contributed by atoms with van der Waals surface area (Å²) >= 11 is 0. The lowest BCUT2D eigenvalue weighted by Crippen LogP contribution is -2.30. The van der Waals surface area contributed by atoms with Crippen molar-refractivity contribution in [1.29, 1.82) is 0 Å². The van der Waals surface area contributed by atoms with Crippen molar-refractivity contribution in [2.24, 2.45) is 5.84 Å². The van der Waals surface area contributed by atoms with Crippen LogP contribution in [0.5, 0.6) is 0 Å². The molecule has 0 fully saturated rings.